The molecule has 0 saturated heterocycles. The summed E-state index contributed by atoms with van der Waals surface area (Å²) in [6.45, 7) is 5.47. The van der Waals surface area contributed by atoms with Gasteiger partial charge in [0.25, 0.3) is 0 Å². The summed E-state index contributed by atoms with van der Waals surface area (Å²) in [4.78, 5) is 24.3. The Kier molecular flexibility index (Phi) is 6.64. The summed E-state index contributed by atoms with van der Waals surface area (Å²) in [5, 5.41) is 14.5. The monoisotopic (exact) mass is 375 g/mol. The first-order valence-corrected chi connectivity index (χ1v) is 8.44. The van der Waals surface area contributed by atoms with Gasteiger partial charge in [-0.25, -0.2) is 9.59 Å². The molecule has 0 fully saturated rings. The molecule has 1 aromatic carbocycles. The molecule has 27 heavy (non-hydrogen) atoms. The van der Waals surface area contributed by atoms with Crippen LogP contribution in [0.1, 0.15) is 32.4 Å². The third-order valence-electron chi connectivity index (χ3n) is 3.43. The van der Waals surface area contributed by atoms with Crippen molar-refractivity contribution in [3.05, 3.63) is 42.2 Å². The number of aromatic amines is 1. The van der Waals surface area contributed by atoms with E-state index in [1.165, 1.54) is 6.20 Å². The van der Waals surface area contributed by atoms with Gasteiger partial charge in [0.05, 0.1) is 25.0 Å². The zero-order valence-electron chi connectivity index (χ0n) is 15.8. The minimum Gasteiger partial charge on any atom is -0.496 e. The number of methoxy groups -OCH3 is 1. The largest absolute Gasteiger partial charge is 0.496 e. The molecule has 0 aliphatic heterocycles. The van der Waals surface area contributed by atoms with Gasteiger partial charge in [-0.05, 0) is 26.8 Å². The first kappa shape index (κ1) is 20.1. The number of carbonyl (C=O) groups is 2. The average Bonchev–Trinajstić information content (AvgIpc) is 3.10. The lowest BCUT2D eigenvalue weighted by atomic mass is 10.1. The zero-order chi connectivity index (χ0) is 19.9. The number of benzene rings is 1. The number of hydrogen-bond donors (Lipinski definition) is 4. The Morgan fingerprint density at radius 3 is 2.63 bits per heavy atom. The van der Waals surface area contributed by atoms with E-state index in [2.05, 4.69) is 26.1 Å². The van der Waals surface area contributed by atoms with Crippen LogP contribution >= 0.6 is 0 Å². The molecular weight excluding hydrogens is 350 g/mol. The van der Waals surface area contributed by atoms with Crippen LogP contribution in [0.2, 0.25) is 0 Å². The molecule has 0 aliphatic carbocycles. The maximum Gasteiger partial charge on any atom is 0.408 e. The number of rotatable bonds is 6. The molecule has 0 spiro atoms. The van der Waals surface area contributed by atoms with Gasteiger partial charge in [0.2, 0.25) is 0 Å². The Bertz CT molecular complexity index is 755. The smallest absolute Gasteiger partial charge is 0.408 e. The van der Waals surface area contributed by atoms with Gasteiger partial charge in [-0.15, -0.1) is 0 Å². The van der Waals surface area contributed by atoms with E-state index in [1.54, 1.807) is 40.1 Å². The minimum absolute atomic E-state index is 0.128. The third kappa shape index (κ3) is 6.53. The summed E-state index contributed by atoms with van der Waals surface area (Å²) < 4.78 is 10.7. The Morgan fingerprint density at radius 2 is 2.00 bits per heavy atom. The number of carbonyl (C=O) groups excluding carboxylic acids is 2. The molecular formula is C18H25N5O4. The fourth-order valence-electron chi connectivity index (χ4n) is 2.33. The maximum absolute atomic E-state index is 12.2. The lowest BCUT2D eigenvalue weighted by Gasteiger charge is -2.25. The van der Waals surface area contributed by atoms with Gasteiger partial charge in [0.15, 0.2) is 0 Å². The molecule has 9 heteroatoms. The van der Waals surface area contributed by atoms with Gasteiger partial charge < -0.3 is 25.4 Å². The molecule has 2 rings (SSSR count). The third-order valence-corrected chi connectivity index (χ3v) is 3.43. The van der Waals surface area contributed by atoms with Crippen molar-refractivity contribution < 1.29 is 19.1 Å². The second-order valence-corrected chi connectivity index (χ2v) is 6.76. The summed E-state index contributed by atoms with van der Waals surface area (Å²) >= 11 is 0. The van der Waals surface area contributed by atoms with Crippen LogP contribution < -0.4 is 20.7 Å². The highest BCUT2D eigenvalue weighted by Crippen LogP contribution is 2.25. The number of nitrogens with zero attached hydrogens (tertiary/aromatic N) is 1. The molecule has 0 saturated carbocycles. The first-order chi connectivity index (χ1) is 12.8. The van der Waals surface area contributed by atoms with Crippen LogP contribution in [-0.4, -0.2) is 41.6 Å². The van der Waals surface area contributed by atoms with Crippen molar-refractivity contribution in [1.82, 2.24) is 20.8 Å². The Morgan fingerprint density at radius 1 is 1.26 bits per heavy atom. The fourth-order valence-corrected chi connectivity index (χ4v) is 2.33. The van der Waals surface area contributed by atoms with Crippen molar-refractivity contribution in [3.8, 4) is 5.75 Å². The summed E-state index contributed by atoms with van der Waals surface area (Å²) in [6, 6.07) is 6.27. The van der Waals surface area contributed by atoms with E-state index in [1.807, 2.05) is 18.2 Å². The van der Waals surface area contributed by atoms with Crippen molar-refractivity contribution in [2.24, 2.45) is 0 Å². The summed E-state index contributed by atoms with van der Waals surface area (Å²) in [6.07, 6.45) is 2.45. The average molecular weight is 375 g/mol. The number of H-pyrrole nitrogens is 1. The van der Waals surface area contributed by atoms with Crippen molar-refractivity contribution in [2.45, 2.75) is 32.4 Å². The van der Waals surface area contributed by atoms with Gasteiger partial charge in [-0.2, -0.15) is 5.10 Å². The molecule has 146 valence electrons. The van der Waals surface area contributed by atoms with Crippen molar-refractivity contribution in [1.29, 1.82) is 0 Å². The molecule has 9 nitrogen and oxygen atoms in total. The minimum atomic E-state index is -0.637. The molecule has 4 N–H and O–H groups in total. The molecule has 0 radical (unpaired) electrons. The molecule has 2 aromatic rings. The number of anilines is 1. The molecule has 1 atom stereocenters. The topological polar surface area (TPSA) is 117 Å². The van der Waals surface area contributed by atoms with Gasteiger partial charge in [0, 0.05) is 18.3 Å². The number of urea groups is 1. The van der Waals surface area contributed by atoms with E-state index in [0.29, 0.717) is 11.4 Å². The van der Waals surface area contributed by atoms with Gasteiger partial charge in [-0.1, -0.05) is 18.2 Å². The van der Waals surface area contributed by atoms with Crippen LogP contribution in [0.25, 0.3) is 0 Å². The van der Waals surface area contributed by atoms with Crippen LogP contribution in [0.5, 0.6) is 5.75 Å². The van der Waals surface area contributed by atoms with E-state index < -0.39 is 23.8 Å². The Hall–Kier alpha value is -3.23. The van der Waals surface area contributed by atoms with Crippen LogP contribution in [0.15, 0.2) is 36.7 Å². The van der Waals surface area contributed by atoms with E-state index in [9.17, 15) is 9.59 Å². The highest BCUT2D eigenvalue weighted by Gasteiger charge is 2.23. The SMILES string of the molecule is COc1ccccc1[C@@H](CNC(=O)Nc1cn[nH]c1)NC(=O)OC(C)(C)C. The number of hydrogen-bond acceptors (Lipinski definition) is 5. The van der Waals surface area contributed by atoms with Crippen molar-refractivity contribution in [2.75, 3.05) is 19.0 Å². The van der Waals surface area contributed by atoms with Crippen molar-refractivity contribution in [3.63, 3.8) is 0 Å². The summed E-state index contributed by atoms with van der Waals surface area (Å²) in [7, 11) is 1.54. The normalized spacial score (nSPS) is 12.0. The van der Waals surface area contributed by atoms with E-state index in [0.717, 1.165) is 5.56 Å². The van der Waals surface area contributed by atoms with Crippen molar-refractivity contribution >= 4 is 17.8 Å². The predicted octanol–water partition coefficient (Wildman–Crippen LogP) is 2.81. The fraction of sp³-hybridized carbons (Fsp3) is 0.389. The number of nitrogens with one attached hydrogen (secondary N) is 4. The van der Waals surface area contributed by atoms with Crippen LogP contribution in [-0.2, 0) is 4.74 Å². The Balaban J connectivity index is 2.09. The number of para-hydroxylation sites is 1. The van der Waals surface area contributed by atoms with E-state index in [-0.39, 0.29) is 6.54 Å². The van der Waals surface area contributed by atoms with Gasteiger partial charge in [-0.3, -0.25) is 5.10 Å². The van der Waals surface area contributed by atoms with Crippen LogP contribution in [0.3, 0.4) is 0 Å². The standard InChI is InChI=1S/C18H25N5O4/c1-18(2,3)27-17(25)23-14(13-7-5-6-8-15(13)26-4)11-19-16(24)22-12-9-20-21-10-12/h5-10,14H,11H2,1-4H3,(H,20,21)(H,23,25)(H2,19,22,24)/t14-/m1/s1. The zero-order valence-corrected chi connectivity index (χ0v) is 15.8. The molecule has 1 aromatic heterocycles. The van der Waals surface area contributed by atoms with Crippen LogP contribution in [0.4, 0.5) is 15.3 Å². The highest BCUT2D eigenvalue weighted by atomic mass is 16.6. The number of amides is 3. The molecule has 0 unspecified atom stereocenters. The number of aromatic nitrogens is 2. The van der Waals surface area contributed by atoms with E-state index in [4.69, 9.17) is 9.47 Å². The molecule has 0 aliphatic rings. The Labute approximate surface area is 157 Å². The predicted molar refractivity (Wildman–Crippen MR) is 101 cm³/mol. The molecule has 3 amide bonds. The lowest BCUT2D eigenvalue weighted by Crippen LogP contribution is -2.41. The molecule has 1 heterocycles. The first-order valence-electron chi connectivity index (χ1n) is 8.44. The second kappa shape index (κ2) is 8.93. The van der Waals surface area contributed by atoms with E-state index >= 15 is 0 Å². The summed E-state index contributed by atoms with van der Waals surface area (Å²) in [5.41, 5.74) is 0.609. The second-order valence-electron chi connectivity index (χ2n) is 6.76. The van der Waals surface area contributed by atoms with Gasteiger partial charge in [0.1, 0.15) is 11.4 Å². The lowest BCUT2D eigenvalue weighted by molar-refractivity contribution is 0.0503. The van der Waals surface area contributed by atoms with Gasteiger partial charge >= 0.3 is 12.1 Å². The molecule has 0 bridgehead atoms. The highest BCUT2D eigenvalue weighted by molar-refractivity contribution is 5.88. The summed E-state index contributed by atoms with van der Waals surface area (Å²) in [5.74, 6) is 0.593. The number of alkyl carbamates (subject to hydrolysis) is 1. The maximum atomic E-state index is 12.2. The quantitative estimate of drug-likeness (QED) is 0.619. The number of ether oxygens (including phenoxy) is 2. The van der Waals surface area contributed by atoms with Crippen LogP contribution in [0, 0.1) is 0 Å².